The second kappa shape index (κ2) is 10.4. The molecule has 0 aliphatic carbocycles. The molecule has 0 unspecified atom stereocenters. The van der Waals surface area contributed by atoms with Crippen molar-refractivity contribution in [3.05, 3.63) is 71.8 Å². The van der Waals surface area contributed by atoms with Crippen molar-refractivity contribution in [3.63, 3.8) is 0 Å². The van der Waals surface area contributed by atoms with Gasteiger partial charge in [0.2, 0.25) is 0 Å². The van der Waals surface area contributed by atoms with Gasteiger partial charge in [0.05, 0.1) is 0 Å². The highest BCUT2D eigenvalue weighted by Gasteiger charge is 2.38. The molecule has 0 saturated carbocycles. The van der Waals surface area contributed by atoms with Crippen LogP contribution in [0.2, 0.25) is 6.55 Å². The standard InChI is InChI=1S/C25H37BN2Si/c1-5-6-7-10-19-25(22-26-27(2)20-21-28(26)3)29(4,23-15-11-8-12-16-23)24-17-13-9-14-18-24/h8-9,11-18,22H,5-7,10,19-21H2,1-4H3/b25-22-. The van der Waals surface area contributed by atoms with E-state index in [4.69, 9.17) is 0 Å². The summed E-state index contributed by atoms with van der Waals surface area (Å²) in [6, 6.07) is 22.6. The van der Waals surface area contributed by atoms with Gasteiger partial charge in [0.1, 0.15) is 8.07 Å². The molecule has 154 valence electrons. The zero-order chi connectivity index (χ0) is 20.7. The summed E-state index contributed by atoms with van der Waals surface area (Å²) >= 11 is 0. The van der Waals surface area contributed by atoms with Gasteiger partial charge in [-0.2, -0.15) is 0 Å². The Bertz CT molecular complexity index is 728. The van der Waals surface area contributed by atoms with Gasteiger partial charge in [0.25, 0.3) is 0 Å². The molecule has 1 aliphatic rings. The third kappa shape index (κ3) is 5.11. The van der Waals surface area contributed by atoms with Crippen molar-refractivity contribution in [2.24, 2.45) is 0 Å². The van der Waals surface area contributed by atoms with E-state index >= 15 is 0 Å². The Labute approximate surface area is 179 Å². The number of unbranched alkanes of at least 4 members (excludes halogenated alkanes) is 3. The Morgan fingerprint density at radius 3 is 1.86 bits per heavy atom. The Hall–Kier alpha value is -1.62. The lowest BCUT2D eigenvalue weighted by atomic mass is 9.74. The first kappa shape index (κ1) is 22.1. The van der Waals surface area contributed by atoms with E-state index in [2.05, 4.69) is 104 Å². The normalized spacial score (nSPS) is 16.6. The molecule has 1 heterocycles. The molecular formula is C25H37BN2Si. The minimum atomic E-state index is -2.01. The topological polar surface area (TPSA) is 6.48 Å². The van der Waals surface area contributed by atoms with Crippen LogP contribution in [0.15, 0.2) is 71.8 Å². The van der Waals surface area contributed by atoms with Gasteiger partial charge < -0.3 is 9.62 Å². The van der Waals surface area contributed by atoms with E-state index in [9.17, 15) is 0 Å². The summed E-state index contributed by atoms with van der Waals surface area (Å²) in [4.78, 5) is 4.99. The van der Waals surface area contributed by atoms with Gasteiger partial charge in [-0.15, -0.1) is 0 Å². The number of allylic oxidation sites excluding steroid dienone is 1. The Morgan fingerprint density at radius 1 is 0.862 bits per heavy atom. The van der Waals surface area contributed by atoms with Crippen LogP contribution >= 0.6 is 0 Å². The maximum atomic E-state index is 2.63. The van der Waals surface area contributed by atoms with Gasteiger partial charge in [-0.3, -0.25) is 0 Å². The first-order valence-electron chi connectivity index (χ1n) is 11.3. The van der Waals surface area contributed by atoms with Crippen molar-refractivity contribution in [1.82, 2.24) is 9.62 Å². The molecule has 0 amide bonds. The summed E-state index contributed by atoms with van der Waals surface area (Å²) in [7, 11) is 2.52. The highest BCUT2D eigenvalue weighted by Crippen LogP contribution is 2.24. The van der Waals surface area contributed by atoms with Gasteiger partial charge in [-0.1, -0.05) is 105 Å². The van der Waals surface area contributed by atoms with Crippen LogP contribution in [0, 0.1) is 0 Å². The van der Waals surface area contributed by atoms with E-state index in [1.807, 2.05) is 0 Å². The van der Waals surface area contributed by atoms with Gasteiger partial charge >= 0.3 is 6.98 Å². The fourth-order valence-electron chi connectivity index (χ4n) is 4.67. The van der Waals surface area contributed by atoms with Crippen molar-refractivity contribution < 1.29 is 0 Å². The quantitative estimate of drug-likeness (QED) is 0.456. The number of benzene rings is 2. The molecule has 1 fully saturated rings. The average molecular weight is 404 g/mol. The molecule has 2 aromatic carbocycles. The van der Waals surface area contributed by atoms with E-state index in [-0.39, 0.29) is 0 Å². The highest BCUT2D eigenvalue weighted by molar-refractivity contribution is 7.07. The lowest BCUT2D eigenvalue weighted by Gasteiger charge is -2.33. The number of nitrogens with zero attached hydrogens (tertiary/aromatic N) is 2. The van der Waals surface area contributed by atoms with Crippen LogP contribution in [-0.2, 0) is 0 Å². The first-order chi connectivity index (χ1) is 14.1. The average Bonchev–Trinajstić information content (AvgIpc) is 3.08. The molecule has 0 aromatic heterocycles. The Kier molecular flexibility index (Phi) is 7.93. The molecule has 0 atom stereocenters. The Morgan fingerprint density at radius 2 is 1.38 bits per heavy atom. The molecule has 0 radical (unpaired) electrons. The molecule has 4 heteroatoms. The summed E-state index contributed by atoms with van der Waals surface area (Å²) in [6.45, 7) is 7.57. The second-order valence-electron chi connectivity index (χ2n) is 8.73. The van der Waals surface area contributed by atoms with Crippen molar-refractivity contribution in [1.29, 1.82) is 0 Å². The maximum Gasteiger partial charge on any atom is 0.337 e. The van der Waals surface area contributed by atoms with E-state index in [0.29, 0.717) is 6.98 Å². The molecule has 3 rings (SSSR count). The molecule has 29 heavy (non-hydrogen) atoms. The molecule has 0 N–H and O–H groups in total. The zero-order valence-corrected chi connectivity index (χ0v) is 19.8. The summed E-state index contributed by atoms with van der Waals surface area (Å²) in [5.74, 6) is 2.63. The van der Waals surface area contributed by atoms with Crippen molar-refractivity contribution in [2.45, 2.75) is 45.6 Å². The minimum Gasteiger partial charge on any atom is -0.326 e. The van der Waals surface area contributed by atoms with Crippen LogP contribution in [0.4, 0.5) is 0 Å². The van der Waals surface area contributed by atoms with Crippen LogP contribution in [0.1, 0.15) is 39.0 Å². The predicted octanol–water partition coefficient (Wildman–Crippen LogP) is 4.22. The fraction of sp³-hybridized carbons (Fsp3) is 0.440. The van der Waals surface area contributed by atoms with Gasteiger partial charge in [0.15, 0.2) is 0 Å². The SMILES string of the molecule is CCCCCC/C(=C/B1N(C)CCN1C)[Si](C)(c1ccccc1)c1ccccc1. The van der Waals surface area contributed by atoms with Gasteiger partial charge in [0, 0.05) is 13.1 Å². The monoisotopic (exact) mass is 404 g/mol. The molecule has 2 aromatic rings. The van der Waals surface area contributed by atoms with Crippen molar-refractivity contribution in [2.75, 3.05) is 27.2 Å². The molecule has 1 aliphatic heterocycles. The van der Waals surface area contributed by atoms with E-state index in [1.54, 1.807) is 5.20 Å². The van der Waals surface area contributed by atoms with Gasteiger partial charge in [-0.05, 0) is 37.3 Å². The smallest absolute Gasteiger partial charge is 0.326 e. The number of hydrogen-bond donors (Lipinski definition) is 0. The first-order valence-corrected chi connectivity index (χ1v) is 13.8. The predicted molar refractivity (Wildman–Crippen MR) is 132 cm³/mol. The molecule has 2 nitrogen and oxygen atoms in total. The third-order valence-corrected chi connectivity index (χ3v) is 11.4. The number of rotatable bonds is 9. The number of hydrogen-bond acceptors (Lipinski definition) is 2. The Balaban J connectivity index is 2.07. The largest absolute Gasteiger partial charge is 0.337 e. The lowest BCUT2D eigenvalue weighted by Crippen LogP contribution is -2.58. The maximum absolute atomic E-state index is 2.63. The highest BCUT2D eigenvalue weighted by atomic mass is 28.3. The minimum absolute atomic E-state index is 0.412. The lowest BCUT2D eigenvalue weighted by molar-refractivity contribution is 0.553. The third-order valence-electron chi connectivity index (χ3n) is 6.70. The van der Waals surface area contributed by atoms with E-state index in [0.717, 1.165) is 13.1 Å². The summed E-state index contributed by atoms with van der Waals surface area (Å²) in [6.07, 6.45) is 6.47. The van der Waals surface area contributed by atoms with Crippen LogP contribution in [-0.4, -0.2) is 51.9 Å². The summed E-state index contributed by atoms with van der Waals surface area (Å²) in [5.41, 5.74) is 0. The van der Waals surface area contributed by atoms with Crippen LogP contribution in [0.5, 0.6) is 0 Å². The number of likely N-dealkylation sites (N-methyl/N-ethyl adjacent to an activating group) is 2. The van der Waals surface area contributed by atoms with Crippen LogP contribution in [0.25, 0.3) is 0 Å². The van der Waals surface area contributed by atoms with Crippen LogP contribution < -0.4 is 10.4 Å². The molecule has 1 saturated heterocycles. The van der Waals surface area contributed by atoms with E-state index in [1.165, 1.54) is 42.5 Å². The second-order valence-corrected chi connectivity index (χ2v) is 12.8. The van der Waals surface area contributed by atoms with Crippen LogP contribution in [0.3, 0.4) is 0 Å². The molecule has 0 bridgehead atoms. The molecule has 0 spiro atoms. The van der Waals surface area contributed by atoms with Crippen molar-refractivity contribution in [3.8, 4) is 0 Å². The summed E-state index contributed by atoms with van der Waals surface area (Å²) < 4.78 is 0. The van der Waals surface area contributed by atoms with Gasteiger partial charge in [-0.25, -0.2) is 0 Å². The van der Waals surface area contributed by atoms with Crippen molar-refractivity contribution >= 4 is 25.4 Å². The summed E-state index contributed by atoms with van der Waals surface area (Å²) in [5, 5.41) is 4.74. The zero-order valence-electron chi connectivity index (χ0n) is 18.8. The molecular weight excluding hydrogens is 367 g/mol. The van der Waals surface area contributed by atoms with E-state index < -0.39 is 8.07 Å². The fourth-order valence-corrected chi connectivity index (χ4v) is 8.63.